The van der Waals surface area contributed by atoms with E-state index in [4.69, 9.17) is 14.2 Å². The van der Waals surface area contributed by atoms with Crippen molar-refractivity contribution in [2.45, 2.75) is 45.1 Å². The molecular weight excluding hydrogens is 448 g/mol. The van der Waals surface area contributed by atoms with Crippen molar-refractivity contribution in [3.8, 4) is 17.2 Å². The van der Waals surface area contributed by atoms with Gasteiger partial charge in [0, 0.05) is 31.6 Å². The van der Waals surface area contributed by atoms with Crippen molar-refractivity contribution >= 4 is 10.8 Å². The van der Waals surface area contributed by atoms with Crippen molar-refractivity contribution in [2.75, 3.05) is 46.1 Å². The third-order valence-electron chi connectivity index (χ3n) is 8.03. The van der Waals surface area contributed by atoms with Gasteiger partial charge in [-0.1, -0.05) is 42.8 Å². The van der Waals surface area contributed by atoms with Gasteiger partial charge in [0.1, 0.15) is 5.75 Å². The third-order valence-corrected chi connectivity index (χ3v) is 8.03. The fraction of sp³-hybridized carbons (Fsp3) is 0.484. The summed E-state index contributed by atoms with van der Waals surface area (Å²) >= 11 is 0. The number of nitrogens with zero attached hydrogens (tertiary/aromatic N) is 2. The molecule has 1 unspecified atom stereocenters. The van der Waals surface area contributed by atoms with E-state index in [0.717, 1.165) is 55.7 Å². The first kappa shape index (κ1) is 23.6. The highest BCUT2D eigenvalue weighted by atomic mass is 16.7. The highest BCUT2D eigenvalue weighted by molar-refractivity contribution is 5.88. The summed E-state index contributed by atoms with van der Waals surface area (Å²) < 4.78 is 17.4. The summed E-state index contributed by atoms with van der Waals surface area (Å²) in [5.41, 5.74) is 2.85. The van der Waals surface area contributed by atoms with Gasteiger partial charge in [0.15, 0.2) is 11.5 Å². The average molecular weight is 487 g/mol. The van der Waals surface area contributed by atoms with Gasteiger partial charge in [-0.15, -0.1) is 0 Å². The Morgan fingerprint density at radius 2 is 1.72 bits per heavy atom. The molecule has 1 atom stereocenters. The zero-order valence-corrected chi connectivity index (χ0v) is 21.3. The Bertz CT molecular complexity index is 1170. The summed E-state index contributed by atoms with van der Waals surface area (Å²) in [4.78, 5) is 5.38. The second kappa shape index (κ2) is 11.1. The van der Waals surface area contributed by atoms with E-state index in [2.05, 4.69) is 64.4 Å². The van der Waals surface area contributed by atoms with Gasteiger partial charge in [-0.05, 0) is 85.8 Å². The molecular formula is C31H38N2O3. The van der Waals surface area contributed by atoms with Crippen LogP contribution in [0.2, 0.25) is 0 Å². The molecule has 3 heterocycles. The molecule has 0 aliphatic carbocycles. The van der Waals surface area contributed by atoms with Gasteiger partial charge in [0.2, 0.25) is 6.79 Å². The maximum atomic E-state index is 6.17. The Morgan fingerprint density at radius 3 is 2.67 bits per heavy atom. The van der Waals surface area contributed by atoms with Crippen LogP contribution in [0, 0.1) is 5.92 Å². The first-order chi connectivity index (χ1) is 17.8. The molecule has 3 aliphatic heterocycles. The first-order valence-electron chi connectivity index (χ1n) is 13.8. The lowest BCUT2D eigenvalue weighted by molar-refractivity contribution is 0.171. The molecule has 0 spiro atoms. The van der Waals surface area contributed by atoms with Gasteiger partial charge in [-0.25, -0.2) is 0 Å². The maximum absolute atomic E-state index is 6.17. The second-order valence-corrected chi connectivity index (χ2v) is 10.7. The Labute approximate surface area is 214 Å². The number of hydrogen-bond acceptors (Lipinski definition) is 5. The number of unbranched alkanes of at least 4 members (excludes halogenated alkanes) is 1. The molecule has 5 nitrogen and oxygen atoms in total. The van der Waals surface area contributed by atoms with E-state index in [0.29, 0.717) is 6.79 Å². The van der Waals surface area contributed by atoms with E-state index in [-0.39, 0.29) is 0 Å². The lowest BCUT2D eigenvalue weighted by atomic mass is 9.96. The van der Waals surface area contributed by atoms with Crippen LogP contribution in [0.25, 0.3) is 10.8 Å². The largest absolute Gasteiger partial charge is 0.493 e. The van der Waals surface area contributed by atoms with Crippen LogP contribution in [-0.4, -0.2) is 55.9 Å². The summed E-state index contributed by atoms with van der Waals surface area (Å²) in [5, 5.41) is 2.45. The normalized spacial score (nSPS) is 20.3. The van der Waals surface area contributed by atoms with E-state index >= 15 is 0 Å². The maximum Gasteiger partial charge on any atom is 0.231 e. The molecule has 0 aromatic heterocycles. The van der Waals surface area contributed by atoms with Crippen LogP contribution in [0.4, 0.5) is 0 Å². The molecule has 36 heavy (non-hydrogen) atoms. The Hall–Kier alpha value is -2.76. The first-order valence-corrected chi connectivity index (χ1v) is 13.8. The van der Waals surface area contributed by atoms with Crippen LogP contribution in [0.1, 0.15) is 43.2 Å². The highest BCUT2D eigenvalue weighted by Gasteiger charge is 2.25. The predicted octanol–water partition coefficient (Wildman–Crippen LogP) is 5.89. The molecule has 190 valence electrons. The number of hydrogen-bond donors (Lipinski definition) is 0. The van der Waals surface area contributed by atoms with Gasteiger partial charge < -0.3 is 19.1 Å². The molecule has 0 saturated carbocycles. The van der Waals surface area contributed by atoms with Gasteiger partial charge in [-0.2, -0.15) is 0 Å². The van der Waals surface area contributed by atoms with Crippen molar-refractivity contribution in [2.24, 2.45) is 5.92 Å². The molecule has 1 saturated heterocycles. The number of fused-ring (bicyclic) bond motifs is 3. The Balaban J connectivity index is 0.963. The smallest absolute Gasteiger partial charge is 0.231 e. The van der Waals surface area contributed by atoms with Gasteiger partial charge in [0.25, 0.3) is 0 Å². The molecule has 3 aromatic rings. The van der Waals surface area contributed by atoms with Crippen LogP contribution < -0.4 is 14.2 Å². The predicted molar refractivity (Wildman–Crippen MR) is 144 cm³/mol. The number of ether oxygens (including phenoxy) is 3. The summed E-state index contributed by atoms with van der Waals surface area (Å²) in [6.07, 6.45) is 7.44. The quantitative estimate of drug-likeness (QED) is 0.371. The monoisotopic (exact) mass is 486 g/mol. The van der Waals surface area contributed by atoms with Crippen LogP contribution in [0.5, 0.6) is 17.2 Å². The molecule has 3 aliphatic rings. The van der Waals surface area contributed by atoms with E-state index < -0.39 is 0 Å². The van der Waals surface area contributed by atoms with Gasteiger partial charge >= 0.3 is 0 Å². The molecule has 1 fully saturated rings. The lowest BCUT2D eigenvalue weighted by Gasteiger charge is -2.33. The summed E-state index contributed by atoms with van der Waals surface area (Å²) in [6, 6.07) is 19.2. The SMILES string of the molecule is c1ccc2c(OCCCCN3CCCCC(CN4CCc5cc6c(cc5C4)OCO6)C3)cccc2c1. The second-order valence-electron chi connectivity index (χ2n) is 10.7. The van der Waals surface area contributed by atoms with Crippen molar-refractivity contribution in [1.82, 2.24) is 9.80 Å². The minimum atomic E-state index is 0.356. The van der Waals surface area contributed by atoms with E-state index in [1.165, 1.54) is 73.8 Å². The van der Waals surface area contributed by atoms with Crippen LogP contribution >= 0.6 is 0 Å². The van der Waals surface area contributed by atoms with E-state index in [1.807, 2.05) is 0 Å². The van der Waals surface area contributed by atoms with E-state index in [1.54, 1.807) is 0 Å². The van der Waals surface area contributed by atoms with Crippen molar-refractivity contribution in [1.29, 1.82) is 0 Å². The standard InChI is InChI=1S/C31H38N2O3/c1-2-11-28-25(9-1)10-7-12-29(28)34-17-6-5-15-32-14-4-3-8-24(20-32)21-33-16-13-26-18-30-31(36-23-35-30)19-27(26)22-33/h1-2,7,9-12,18-19,24H,3-6,8,13-17,20-23H2. The zero-order valence-electron chi connectivity index (χ0n) is 21.3. The third kappa shape index (κ3) is 5.47. The minimum Gasteiger partial charge on any atom is -0.493 e. The molecule has 0 bridgehead atoms. The van der Waals surface area contributed by atoms with Crippen LogP contribution in [0.3, 0.4) is 0 Å². The topological polar surface area (TPSA) is 34.2 Å². The van der Waals surface area contributed by atoms with Crippen molar-refractivity contribution in [3.05, 3.63) is 65.7 Å². The average Bonchev–Trinajstić information content (AvgIpc) is 3.24. The van der Waals surface area contributed by atoms with Gasteiger partial charge in [-0.3, -0.25) is 4.90 Å². The van der Waals surface area contributed by atoms with Crippen molar-refractivity contribution < 1.29 is 14.2 Å². The summed E-state index contributed by atoms with van der Waals surface area (Å²) in [5.74, 6) is 3.61. The number of likely N-dealkylation sites (tertiary alicyclic amines) is 1. The van der Waals surface area contributed by atoms with Crippen molar-refractivity contribution in [3.63, 3.8) is 0 Å². The van der Waals surface area contributed by atoms with Gasteiger partial charge in [0.05, 0.1) is 6.61 Å². The molecule has 5 heteroatoms. The molecule has 0 amide bonds. The fourth-order valence-corrected chi connectivity index (χ4v) is 6.14. The zero-order chi connectivity index (χ0) is 24.2. The highest BCUT2D eigenvalue weighted by Crippen LogP contribution is 2.37. The minimum absolute atomic E-state index is 0.356. The van der Waals surface area contributed by atoms with Crippen LogP contribution in [-0.2, 0) is 13.0 Å². The Kier molecular flexibility index (Phi) is 7.29. The summed E-state index contributed by atoms with van der Waals surface area (Å²) in [6.45, 7) is 8.19. The lowest BCUT2D eigenvalue weighted by Crippen LogP contribution is -2.38. The molecule has 0 N–H and O–H groups in total. The number of benzene rings is 3. The molecule has 6 rings (SSSR count). The van der Waals surface area contributed by atoms with Crippen LogP contribution in [0.15, 0.2) is 54.6 Å². The Morgan fingerprint density at radius 1 is 0.861 bits per heavy atom. The fourth-order valence-electron chi connectivity index (χ4n) is 6.14. The molecule has 3 aromatic carbocycles. The summed E-state index contributed by atoms with van der Waals surface area (Å²) in [7, 11) is 0. The number of rotatable bonds is 8. The van der Waals surface area contributed by atoms with E-state index in [9.17, 15) is 0 Å². The molecule has 0 radical (unpaired) electrons.